The largest absolute Gasteiger partial charge is 0.469 e. The average Bonchev–Trinajstić information content (AvgIpc) is 2.85. The van der Waals surface area contributed by atoms with E-state index in [0.717, 1.165) is 16.1 Å². The van der Waals surface area contributed by atoms with E-state index in [0.29, 0.717) is 18.0 Å². The number of amides is 1. The van der Waals surface area contributed by atoms with E-state index < -0.39 is 0 Å². The Morgan fingerprint density at radius 3 is 2.68 bits per heavy atom. The van der Waals surface area contributed by atoms with Gasteiger partial charge in [-0.3, -0.25) is 9.59 Å². The maximum Gasteiger partial charge on any atom is 0.310 e. The third-order valence-electron chi connectivity index (χ3n) is 3.16. The van der Waals surface area contributed by atoms with Crippen LogP contribution in [0.4, 0.5) is 5.13 Å². The molecule has 1 N–H and O–H groups in total. The second-order valence-electron chi connectivity index (χ2n) is 4.81. The molecule has 0 saturated carbocycles. The number of nitrogens with zero attached hydrogens (tertiary/aromatic N) is 1. The Kier molecular flexibility index (Phi) is 5.66. The zero-order chi connectivity index (χ0) is 15.9. The number of esters is 1. The number of rotatable bonds is 6. The van der Waals surface area contributed by atoms with Crippen LogP contribution >= 0.6 is 11.3 Å². The number of anilines is 1. The van der Waals surface area contributed by atoms with E-state index in [4.69, 9.17) is 0 Å². The van der Waals surface area contributed by atoms with Gasteiger partial charge in [0.05, 0.1) is 19.2 Å². The first-order chi connectivity index (χ1) is 10.6. The minimum Gasteiger partial charge on any atom is -0.469 e. The molecule has 0 spiro atoms. The molecule has 0 aliphatic carbocycles. The highest BCUT2D eigenvalue weighted by atomic mass is 32.1. The highest BCUT2D eigenvalue weighted by Gasteiger charge is 2.13. The molecule has 2 rings (SSSR count). The summed E-state index contributed by atoms with van der Waals surface area (Å²) in [5.41, 5.74) is 1.87. The van der Waals surface area contributed by atoms with Gasteiger partial charge in [-0.2, -0.15) is 0 Å². The fourth-order valence-electron chi connectivity index (χ4n) is 1.93. The zero-order valence-electron chi connectivity index (χ0n) is 12.6. The summed E-state index contributed by atoms with van der Waals surface area (Å²) in [4.78, 5) is 28.3. The Bertz CT molecular complexity index is 653. The lowest BCUT2D eigenvalue weighted by Gasteiger charge is -2.02. The van der Waals surface area contributed by atoms with Crippen LogP contribution in [0.25, 0.3) is 0 Å². The topological polar surface area (TPSA) is 68.3 Å². The molecule has 6 heteroatoms. The molecule has 5 nitrogen and oxygen atoms in total. The molecule has 1 amide bonds. The summed E-state index contributed by atoms with van der Waals surface area (Å²) in [6, 6.07) is 9.85. The number of carbonyl (C=O) groups excluding carboxylic acids is 2. The van der Waals surface area contributed by atoms with E-state index in [9.17, 15) is 9.59 Å². The van der Waals surface area contributed by atoms with Crippen molar-refractivity contribution >= 4 is 28.3 Å². The molecule has 0 fully saturated rings. The summed E-state index contributed by atoms with van der Waals surface area (Å²) in [5.74, 6) is -0.393. The Morgan fingerprint density at radius 1 is 1.27 bits per heavy atom. The molecule has 2 aromatic rings. The molecular formula is C16H18N2O3S. The van der Waals surface area contributed by atoms with Crippen LogP contribution in [0.3, 0.4) is 0 Å². The van der Waals surface area contributed by atoms with Crippen LogP contribution < -0.4 is 5.32 Å². The van der Waals surface area contributed by atoms with E-state index in [-0.39, 0.29) is 18.3 Å². The first-order valence-electron chi connectivity index (χ1n) is 6.95. The molecule has 0 aliphatic rings. The number of nitrogens with one attached hydrogen (secondary N) is 1. The Morgan fingerprint density at radius 2 is 2.00 bits per heavy atom. The average molecular weight is 318 g/mol. The molecule has 0 radical (unpaired) electrons. The minimum atomic E-state index is -0.311. The van der Waals surface area contributed by atoms with Gasteiger partial charge in [0.1, 0.15) is 0 Å². The maximum absolute atomic E-state index is 11.9. The number of hydrogen-bond acceptors (Lipinski definition) is 5. The van der Waals surface area contributed by atoms with Gasteiger partial charge in [0.2, 0.25) is 5.91 Å². The van der Waals surface area contributed by atoms with Crippen LogP contribution in [0.5, 0.6) is 0 Å². The van der Waals surface area contributed by atoms with E-state index >= 15 is 0 Å². The van der Waals surface area contributed by atoms with Gasteiger partial charge < -0.3 is 10.1 Å². The Hall–Kier alpha value is -2.21. The summed E-state index contributed by atoms with van der Waals surface area (Å²) in [6.07, 6.45) is 1.26. The SMILES string of the molecule is COC(=O)Cc1sc(NC(=O)CCc2ccccc2)nc1C. The number of methoxy groups -OCH3 is 1. The van der Waals surface area contributed by atoms with Gasteiger partial charge in [-0.25, -0.2) is 4.98 Å². The predicted octanol–water partition coefficient (Wildman–Crippen LogP) is 2.74. The van der Waals surface area contributed by atoms with E-state index in [1.165, 1.54) is 18.4 Å². The van der Waals surface area contributed by atoms with Crippen molar-refractivity contribution in [3.8, 4) is 0 Å². The van der Waals surface area contributed by atoms with Gasteiger partial charge >= 0.3 is 5.97 Å². The zero-order valence-corrected chi connectivity index (χ0v) is 13.4. The first kappa shape index (κ1) is 16.2. The number of aromatic nitrogens is 1. The number of thiazole rings is 1. The van der Waals surface area contributed by atoms with Crippen LogP contribution in [0, 0.1) is 6.92 Å². The molecule has 22 heavy (non-hydrogen) atoms. The minimum absolute atomic E-state index is 0.0813. The van der Waals surface area contributed by atoms with Crippen LogP contribution in [-0.2, 0) is 27.2 Å². The van der Waals surface area contributed by atoms with Crippen molar-refractivity contribution in [3.05, 3.63) is 46.5 Å². The first-order valence-corrected chi connectivity index (χ1v) is 7.77. The second kappa shape index (κ2) is 7.70. The summed E-state index contributed by atoms with van der Waals surface area (Å²) in [5, 5.41) is 3.30. The van der Waals surface area contributed by atoms with Crippen LogP contribution in [0.2, 0.25) is 0 Å². The highest BCUT2D eigenvalue weighted by Crippen LogP contribution is 2.23. The van der Waals surface area contributed by atoms with Gasteiger partial charge in [0.15, 0.2) is 5.13 Å². The van der Waals surface area contributed by atoms with Crippen molar-refractivity contribution in [1.82, 2.24) is 4.98 Å². The van der Waals surface area contributed by atoms with Gasteiger partial charge in [-0.1, -0.05) is 30.3 Å². The van der Waals surface area contributed by atoms with E-state index in [1.807, 2.05) is 37.3 Å². The molecule has 0 atom stereocenters. The molecule has 0 aliphatic heterocycles. The molecule has 0 unspecified atom stereocenters. The van der Waals surface area contributed by atoms with Gasteiger partial charge in [0.25, 0.3) is 0 Å². The molecule has 116 valence electrons. The molecular weight excluding hydrogens is 300 g/mol. The third-order valence-corrected chi connectivity index (χ3v) is 4.23. The Balaban J connectivity index is 1.89. The standard InChI is InChI=1S/C16H18N2O3S/c1-11-13(10-15(20)21-2)22-16(17-11)18-14(19)9-8-12-6-4-3-5-7-12/h3-7H,8-10H2,1-2H3,(H,17,18,19). The van der Waals surface area contributed by atoms with Gasteiger partial charge in [-0.15, -0.1) is 11.3 Å². The van der Waals surface area contributed by atoms with Crippen molar-refractivity contribution < 1.29 is 14.3 Å². The number of carbonyl (C=O) groups is 2. The Labute approximate surface area is 133 Å². The molecule has 1 aromatic heterocycles. The molecule has 1 aromatic carbocycles. The monoisotopic (exact) mass is 318 g/mol. The number of aryl methyl sites for hydroxylation is 2. The van der Waals surface area contributed by atoms with Crippen molar-refractivity contribution in [1.29, 1.82) is 0 Å². The molecule has 1 heterocycles. The summed E-state index contributed by atoms with van der Waals surface area (Å²) < 4.78 is 4.64. The fraction of sp³-hybridized carbons (Fsp3) is 0.312. The van der Waals surface area contributed by atoms with Crippen molar-refractivity contribution in [2.75, 3.05) is 12.4 Å². The quantitative estimate of drug-likeness (QED) is 0.832. The van der Waals surface area contributed by atoms with Crippen molar-refractivity contribution in [3.63, 3.8) is 0 Å². The fourth-order valence-corrected chi connectivity index (χ4v) is 2.90. The lowest BCUT2D eigenvalue weighted by atomic mass is 10.1. The summed E-state index contributed by atoms with van der Waals surface area (Å²) >= 11 is 1.31. The van der Waals surface area contributed by atoms with Crippen LogP contribution in [-0.4, -0.2) is 24.0 Å². The van der Waals surface area contributed by atoms with Crippen LogP contribution in [0.1, 0.15) is 22.6 Å². The van der Waals surface area contributed by atoms with Crippen molar-refractivity contribution in [2.45, 2.75) is 26.2 Å². The maximum atomic E-state index is 11.9. The van der Waals surface area contributed by atoms with Gasteiger partial charge in [-0.05, 0) is 18.9 Å². The van der Waals surface area contributed by atoms with Gasteiger partial charge in [0, 0.05) is 11.3 Å². The highest BCUT2D eigenvalue weighted by molar-refractivity contribution is 7.16. The van der Waals surface area contributed by atoms with Crippen LogP contribution in [0.15, 0.2) is 30.3 Å². The van der Waals surface area contributed by atoms with E-state index in [2.05, 4.69) is 15.0 Å². The molecule has 0 bridgehead atoms. The van der Waals surface area contributed by atoms with Crippen molar-refractivity contribution in [2.24, 2.45) is 0 Å². The number of ether oxygens (including phenoxy) is 1. The second-order valence-corrected chi connectivity index (χ2v) is 5.90. The lowest BCUT2D eigenvalue weighted by molar-refractivity contribution is -0.139. The lowest BCUT2D eigenvalue weighted by Crippen LogP contribution is -2.12. The summed E-state index contributed by atoms with van der Waals surface area (Å²) in [7, 11) is 1.35. The number of benzene rings is 1. The normalized spacial score (nSPS) is 10.3. The summed E-state index contributed by atoms with van der Waals surface area (Å²) in [6.45, 7) is 1.81. The van der Waals surface area contributed by atoms with E-state index in [1.54, 1.807) is 0 Å². The number of hydrogen-bond donors (Lipinski definition) is 1. The smallest absolute Gasteiger partial charge is 0.310 e. The predicted molar refractivity (Wildman–Crippen MR) is 86.0 cm³/mol. The molecule has 0 saturated heterocycles. The third kappa shape index (κ3) is 4.66.